The lowest BCUT2D eigenvalue weighted by molar-refractivity contribution is -0.123. The van der Waals surface area contributed by atoms with Crippen molar-refractivity contribution in [3.63, 3.8) is 0 Å². The quantitative estimate of drug-likeness (QED) is 0.628. The van der Waals surface area contributed by atoms with Crippen LogP contribution in [-0.4, -0.2) is 41.5 Å². The largest absolute Gasteiger partial charge is 0.353 e. The summed E-state index contributed by atoms with van der Waals surface area (Å²) in [6.07, 6.45) is 3.15. The Balaban J connectivity index is 1.87. The van der Waals surface area contributed by atoms with E-state index < -0.39 is 0 Å². The van der Waals surface area contributed by atoms with Gasteiger partial charge in [-0.25, -0.2) is 0 Å². The predicted molar refractivity (Wildman–Crippen MR) is 85.5 cm³/mol. The summed E-state index contributed by atoms with van der Waals surface area (Å²) >= 11 is 5.13. The lowest BCUT2D eigenvalue weighted by Gasteiger charge is -2.28. The van der Waals surface area contributed by atoms with Crippen molar-refractivity contribution in [1.82, 2.24) is 15.5 Å². The van der Waals surface area contributed by atoms with Crippen LogP contribution >= 0.6 is 12.2 Å². The van der Waals surface area contributed by atoms with Gasteiger partial charge in [-0.3, -0.25) is 14.9 Å². The van der Waals surface area contributed by atoms with Crippen molar-refractivity contribution < 1.29 is 9.59 Å². The Labute approximate surface area is 129 Å². The lowest BCUT2D eigenvalue weighted by Crippen LogP contribution is -2.53. The molecule has 110 valence electrons. The predicted octanol–water partition coefficient (Wildman–Crippen LogP) is 0.841. The number of hydrogen-bond donors (Lipinski definition) is 2. The number of carbonyl (C=O) groups is 2. The Kier molecular flexibility index (Phi) is 5.05. The van der Waals surface area contributed by atoms with E-state index in [-0.39, 0.29) is 23.5 Å². The molecule has 0 radical (unpaired) electrons. The van der Waals surface area contributed by atoms with Crippen molar-refractivity contribution in [1.29, 1.82) is 0 Å². The fraction of sp³-hybridized carbons (Fsp3) is 0.267. The van der Waals surface area contributed by atoms with E-state index in [0.717, 1.165) is 5.56 Å². The molecule has 1 heterocycles. The number of piperazine rings is 1. The molecule has 1 fully saturated rings. The lowest BCUT2D eigenvalue weighted by atomic mass is 10.1. The Morgan fingerprint density at radius 2 is 2.10 bits per heavy atom. The number of nitrogens with one attached hydrogen (secondary N) is 2. The van der Waals surface area contributed by atoms with Crippen molar-refractivity contribution in [3.05, 3.63) is 41.5 Å². The Bertz CT molecular complexity index is 581. The molecule has 1 saturated heterocycles. The molecule has 0 saturated carbocycles. The normalized spacial score (nSPS) is 14.9. The second-order valence-electron chi connectivity index (χ2n) is 4.81. The number of hydrogen-bond acceptors (Lipinski definition) is 3. The van der Waals surface area contributed by atoms with Gasteiger partial charge in [-0.05, 0) is 30.8 Å². The molecule has 2 amide bonds. The molecule has 0 aliphatic carbocycles. The van der Waals surface area contributed by atoms with Gasteiger partial charge < -0.3 is 10.2 Å². The smallest absolute Gasteiger partial charge is 0.250 e. The SMILES string of the molecule is Cc1ccc(C=CC(=O)NC(=S)N2CCNC(=O)C2)cc1. The zero-order chi connectivity index (χ0) is 15.2. The number of amides is 2. The van der Waals surface area contributed by atoms with Gasteiger partial charge in [0.1, 0.15) is 0 Å². The van der Waals surface area contributed by atoms with E-state index in [1.807, 2.05) is 31.2 Å². The van der Waals surface area contributed by atoms with Crippen LogP contribution in [0.2, 0.25) is 0 Å². The van der Waals surface area contributed by atoms with Gasteiger partial charge in [-0.2, -0.15) is 0 Å². The second kappa shape index (κ2) is 6.99. The minimum absolute atomic E-state index is 0.0898. The van der Waals surface area contributed by atoms with Crippen molar-refractivity contribution in [2.24, 2.45) is 0 Å². The zero-order valence-electron chi connectivity index (χ0n) is 11.8. The third-order valence-corrected chi connectivity index (χ3v) is 3.42. The van der Waals surface area contributed by atoms with Crippen LogP contribution in [0.25, 0.3) is 6.08 Å². The maximum Gasteiger partial charge on any atom is 0.250 e. The van der Waals surface area contributed by atoms with E-state index in [1.165, 1.54) is 11.6 Å². The number of nitrogens with zero attached hydrogens (tertiary/aromatic N) is 1. The van der Waals surface area contributed by atoms with Crippen LogP contribution in [0.5, 0.6) is 0 Å². The second-order valence-corrected chi connectivity index (χ2v) is 5.20. The van der Waals surface area contributed by atoms with Gasteiger partial charge in [0.2, 0.25) is 11.8 Å². The van der Waals surface area contributed by atoms with E-state index in [0.29, 0.717) is 13.1 Å². The average Bonchev–Trinajstić information content (AvgIpc) is 2.46. The molecule has 1 aliphatic rings. The highest BCUT2D eigenvalue weighted by Crippen LogP contribution is 2.04. The summed E-state index contributed by atoms with van der Waals surface area (Å²) < 4.78 is 0. The number of aryl methyl sites for hydroxylation is 1. The molecule has 0 atom stereocenters. The highest BCUT2D eigenvalue weighted by molar-refractivity contribution is 7.80. The Morgan fingerprint density at radius 1 is 1.38 bits per heavy atom. The third kappa shape index (κ3) is 4.68. The molecule has 0 spiro atoms. The summed E-state index contributed by atoms with van der Waals surface area (Å²) in [4.78, 5) is 24.7. The number of rotatable bonds is 2. The molecule has 1 aromatic carbocycles. The molecule has 2 rings (SSSR count). The minimum Gasteiger partial charge on any atom is -0.353 e. The van der Waals surface area contributed by atoms with E-state index in [9.17, 15) is 9.59 Å². The van der Waals surface area contributed by atoms with Gasteiger partial charge in [-0.15, -0.1) is 0 Å². The first kappa shape index (κ1) is 15.2. The zero-order valence-corrected chi connectivity index (χ0v) is 12.6. The number of carbonyl (C=O) groups excluding carboxylic acids is 2. The molecular formula is C15H17N3O2S. The molecule has 0 bridgehead atoms. The third-order valence-electron chi connectivity index (χ3n) is 3.06. The first-order valence-electron chi connectivity index (χ1n) is 6.66. The molecule has 1 aliphatic heterocycles. The summed E-state index contributed by atoms with van der Waals surface area (Å²) in [6.45, 7) is 3.33. The molecule has 21 heavy (non-hydrogen) atoms. The van der Waals surface area contributed by atoms with Crippen LogP contribution in [0.3, 0.4) is 0 Å². The van der Waals surface area contributed by atoms with E-state index in [1.54, 1.807) is 11.0 Å². The monoisotopic (exact) mass is 303 g/mol. The number of benzene rings is 1. The fourth-order valence-electron chi connectivity index (χ4n) is 1.89. The molecule has 6 heteroatoms. The van der Waals surface area contributed by atoms with Crippen LogP contribution < -0.4 is 10.6 Å². The molecule has 0 unspecified atom stereocenters. The summed E-state index contributed by atoms with van der Waals surface area (Å²) in [5, 5.41) is 5.59. The maximum atomic E-state index is 11.8. The van der Waals surface area contributed by atoms with E-state index >= 15 is 0 Å². The van der Waals surface area contributed by atoms with Gasteiger partial charge >= 0.3 is 0 Å². The summed E-state index contributed by atoms with van der Waals surface area (Å²) in [5.74, 6) is -0.389. The van der Waals surface area contributed by atoms with Crippen molar-refractivity contribution in [2.45, 2.75) is 6.92 Å². The summed E-state index contributed by atoms with van der Waals surface area (Å²) in [6, 6.07) is 7.84. The Hall–Kier alpha value is -2.21. The van der Waals surface area contributed by atoms with Crippen LogP contribution in [0.15, 0.2) is 30.3 Å². The van der Waals surface area contributed by atoms with Crippen molar-refractivity contribution in [3.8, 4) is 0 Å². The topological polar surface area (TPSA) is 61.4 Å². The van der Waals surface area contributed by atoms with Crippen LogP contribution in [-0.2, 0) is 9.59 Å². The van der Waals surface area contributed by atoms with E-state index in [4.69, 9.17) is 12.2 Å². The maximum absolute atomic E-state index is 11.8. The average molecular weight is 303 g/mol. The molecule has 5 nitrogen and oxygen atoms in total. The van der Waals surface area contributed by atoms with Gasteiger partial charge in [0.15, 0.2) is 5.11 Å². The first-order valence-corrected chi connectivity index (χ1v) is 7.07. The van der Waals surface area contributed by atoms with Gasteiger partial charge in [0, 0.05) is 19.2 Å². The summed E-state index contributed by atoms with van der Waals surface area (Å²) in [7, 11) is 0. The van der Waals surface area contributed by atoms with Crippen molar-refractivity contribution in [2.75, 3.05) is 19.6 Å². The molecule has 1 aromatic rings. The highest BCUT2D eigenvalue weighted by atomic mass is 32.1. The fourth-order valence-corrected chi connectivity index (χ4v) is 2.14. The van der Waals surface area contributed by atoms with Gasteiger partial charge in [0.05, 0.1) is 6.54 Å². The van der Waals surface area contributed by atoms with Gasteiger partial charge in [0.25, 0.3) is 0 Å². The Morgan fingerprint density at radius 3 is 2.76 bits per heavy atom. The summed E-state index contributed by atoms with van der Waals surface area (Å²) in [5.41, 5.74) is 2.11. The van der Waals surface area contributed by atoms with Crippen LogP contribution in [0, 0.1) is 6.92 Å². The van der Waals surface area contributed by atoms with Gasteiger partial charge in [-0.1, -0.05) is 29.8 Å². The standard InChI is InChI=1S/C15H17N3O2S/c1-11-2-4-12(5-3-11)6-7-13(19)17-15(21)18-9-8-16-14(20)10-18/h2-7H,8-10H2,1H3,(H,16,20)(H,17,19,21). The molecular weight excluding hydrogens is 286 g/mol. The van der Waals surface area contributed by atoms with Crippen LogP contribution in [0.1, 0.15) is 11.1 Å². The van der Waals surface area contributed by atoms with Crippen LogP contribution in [0.4, 0.5) is 0 Å². The highest BCUT2D eigenvalue weighted by Gasteiger charge is 2.19. The molecule has 2 N–H and O–H groups in total. The van der Waals surface area contributed by atoms with Crippen molar-refractivity contribution >= 4 is 35.2 Å². The minimum atomic E-state index is -0.299. The molecule has 0 aromatic heterocycles. The number of thiocarbonyl (C=S) groups is 1. The van der Waals surface area contributed by atoms with E-state index in [2.05, 4.69) is 10.6 Å². The first-order chi connectivity index (χ1) is 10.0.